The maximum Gasteiger partial charge on any atom is 0.128 e. The van der Waals surface area contributed by atoms with E-state index in [1.165, 1.54) is 6.07 Å². The Kier molecular flexibility index (Phi) is 4.83. The second-order valence-electron chi connectivity index (χ2n) is 3.91. The third-order valence-corrected chi connectivity index (χ3v) is 2.62. The van der Waals surface area contributed by atoms with Crippen LogP contribution in [0.1, 0.15) is 24.5 Å². The Bertz CT molecular complexity index is 379. The average molecular weight is 240 g/mol. The monoisotopic (exact) mass is 240 g/mol. The van der Waals surface area contributed by atoms with Crippen molar-refractivity contribution in [3.63, 3.8) is 0 Å². The molecule has 0 aliphatic rings. The molecule has 88 valence electrons. The molecule has 0 amide bonds. The number of thiocarbonyl (C=S) groups is 1. The van der Waals surface area contributed by atoms with Gasteiger partial charge in [-0.3, -0.25) is 0 Å². The van der Waals surface area contributed by atoms with Crippen LogP contribution >= 0.6 is 12.2 Å². The Balaban J connectivity index is 2.79. The Morgan fingerprint density at radius 2 is 2.19 bits per heavy atom. The third kappa shape index (κ3) is 3.54. The first-order valence-corrected chi connectivity index (χ1v) is 5.72. The lowest BCUT2D eigenvalue weighted by Crippen LogP contribution is -2.19. The normalized spacial score (nSPS) is 10.8. The van der Waals surface area contributed by atoms with E-state index < -0.39 is 0 Å². The van der Waals surface area contributed by atoms with Crippen LogP contribution in [0.25, 0.3) is 0 Å². The van der Waals surface area contributed by atoms with E-state index in [1.54, 1.807) is 12.1 Å². The predicted molar refractivity (Wildman–Crippen MR) is 68.9 cm³/mol. The van der Waals surface area contributed by atoms with Gasteiger partial charge in [0.15, 0.2) is 0 Å². The maximum absolute atomic E-state index is 13.7. The summed E-state index contributed by atoms with van der Waals surface area (Å²) < 4.78 is 13.7. The number of halogens is 1. The van der Waals surface area contributed by atoms with Gasteiger partial charge in [0.2, 0.25) is 0 Å². The summed E-state index contributed by atoms with van der Waals surface area (Å²) in [4.78, 5) is 2.31. The molecule has 1 aromatic carbocycles. The van der Waals surface area contributed by atoms with Crippen molar-refractivity contribution in [1.82, 2.24) is 4.90 Å². The fraction of sp³-hybridized carbons (Fsp3) is 0.417. The number of hydrogen-bond donors (Lipinski definition) is 1. The molecule has 16 heavy (non-hydrogen) atoms. The number of nitrogens with two attached hydrogens (primary N) is 1. The van der Waals surface area contributed by atoms with Crippen LogP contribution in [-0.2, 0) is 6.54 Å². The van der Waals surface area contributed by atoms with E-state index in [-0.39, 0.29) is 10.8 Å². The minimum Gasteiger partial charge on any atom is -0.389 e. The smallest absolute Gasteiger partial charge is 0.128 e. The molecule has 2 nitrogen and oxygen atoms in total. The average Bonchev–Trinajstić information content (AvgIpc) is 2.21. The minimum absolute atomic E-state index is 0.229. The molecule has 0 radical (unpaired) electrons. The zero-order valence-corrected chi connectivity index (χ0v) is 10.5. The topological polar surface area (TPSA) is 29.3 Å². The third-order valence-electron chi connectivity index (χ3n) is 2.38. The van der Waals surface area contributed by atoms with Gasteiger partial charge in [-0.1, -0.05) is 31.3 Å². The van der Waals surface area contributed by atoms with Gasteiger partial charge in [-0.2, -0.15) is 0 Å². The highest BCUT2D eigenvalue weighted by atomic mass is 32.1. The molecule has 0 unspecified atom stereocenters. The molecule has 0 fully saturated rings. The minimum atomic E-state index is -0.242. The van der Waals surface area contributed by atoms with Gasteiger partial charge < -0.3 is 10.6 Å². The molecule has 0 bridgehead atoms. The second kappa shape index (κ2) is 5.92. The van der Waals surface area contributed by atoms with Gasteiger partial charge in [0.05, 0.1) is 0 Å². The van der Waals surface area contributed by atoms with Crippen molar-refractivity contribution in [3.8, 4) is 0 Å². The van der Waals surface area contributed by atoms with Crippen molar-refractivity contribution in [1.29, 1.82) is 0 Å². The Morgan fingerprint density at radius 3 is 2.69 bits per heavy atom. The van der Waals surface area contributed by atoms with Crippen LogP contribution in [0.15, 0.2) is 18.2 Å². The highest BCUT2D eigenvalue weighted by Gasteiger charge is 2.07. The van der Waals surface area contributed by atoms with Crippen LogP contribution in [0.2, 0.25) is 0 Å². The van der Waals surface area contributed by atoms with Crippen molar-refractivity contribution in [2.75, 3.05) is 13.6 Å². The van der Waals surface area contributed by atoms with E-state index >= 15 is 0 Å². The summed E-state index contributed by atoms with van der Waals surface area (Å²) in [6.07, 6.45) is 1.06. The fourth-order valence-electron chi connectivity index (χ4n) is 1.58. The summed E-state index contributed by atoms with van der Waals surface area (Å²) in [5.41, 5.74) is 6.69. The molecule has 0 aromatic heterocycles. The zero-order valence-electron chi connectivity index (χ0n) is 9.66. The fourth-order valence-corrected chi connectivity index (χ4v) is 1.71. The van der Waals surface area contributed by atoms with Crippen LogP contribution in [0.3, 0.4) is 0 Å². The number of nitrogens with zero attached hydrogens (tertiary/aromatic N) is 1. The van der Waals surface area contributed by atoms with Gasteiger partial charge in [0.25, 0.3) is 0 Å². The number of benzene rings is 1. The summed E-state index contributed by atoms with van der Waals surface area (Å²) in [6.45, 7) is 3.66. The predicted octanol–water partition coefficient (Wildman–Crippen LogP) is 2.30. The lowest BCUT2D eigenvalue weighted by Gasteiger charge is -2.16. The SMILES string of the molecule is CCCN(C)Cc1ccc(C(N)=S)cc1F. The highest BCUT2D eigenvalue weighted by Crippen LogP contribution is 2.12. The molecule has 0 aliphatic heterocycles. The van der Waals surface area contributed by atoms with Crippen LogP contribution in [0.5, 0.6) is 0 Å². The van der Waals surface area contributed by atoms with Gasteiger partial charge >= 0.3 is 0 Å². The second-order valence-corrected chi connectivity index (χ2v) is 4.35. The first-order chi connectivity index (χ1) is 7.54. The molecule has 0 atom stereocenters. The number of rotatable bonds is 5. The van der Waals surface area contributed by atoms with Gasteiger partial charge in [-0.05, 0) is 26.1 Å². The zero-order chi connectivity index (χ0) is 12.1. The van der Waals surface area contributed by atoms with Crippen molar-refractivity contribution in [3.05, 3.63) is 35.1 Å². The quantitative estimate of drug-likeness (QED) is 0.801. The van der Waals surface area contributed by atoms with E-state index in [0.717, 1.165) is 13.0 Å². The van der Waals surface area contributed by atoms with E-state index in [4.69, 9.17) is 18.0 Å². The van der Waals surface area contributed by atoms with Crippen molar-refractivity contribution in [2.24, 2.45) is 5.73 Å². The number of hydrogen-bond acceptors (Lipinski definition) is 2. The van der Waals surface area contributed by atoms with Crippen LogP contribution < -0.4 is 5.73 Å². The van der Waals surface area contributed by atoms with Crippen LogP contribution in [0, 0.1) is 5.82 Å². The molecule has 2 N–H and O–H groups in total. The van der Waals surface area contributed by atoms with E-state index in [2.05, 4.69) is 11.8 Å². The Morgan fingerprint density at radius 1 is 1.50 bits per heavy atom. The Hall–Kier alpha value is -1.00. The highest BCUT2D eigenvalue weighted by molar-refractivity contribution is 7.80. The summed E-state index contributed by atoms with van der Waals surface area (Å²) >= 11 is 4.80. The van der Waals surface area contributed by atoms with Crippen LogP contribution in [-0.4, -0.2) is 23.5 Å². The van der Waals surface area contributed by atoms with Crippen molar-refractivity contribution >= 4 is 17.2 Å². The molecule has 4 heteroatoms. The first-order valence-electron chi connectivity index (χ1n) is 5.31. The molecule has 0 saturated carbocycles. The standard InChI is InChI=1S/C12H17FN2S/c1-3-6-15(2)8-10-5-4-9(12(14)16)7-11(10)13/h4-5,7H,3,6,8H2,1-2H3,(H2,14,16). The van der Waals surface area contributed by atoms with Gasteiger partial charge in [0.1, 0.15) is 10.8 Å². The molecule has 0 heterocycles. The Labute approximate surface area is 101 Å². The van der Waals surface area contributed by atoms with E-state index in [0.29, 0.717) is 17.7 Å². The van der Waals surface area contributed by atoms with E-state index in [1.807, 2.05) is 7.05 Å². The van der Waals surface area contributed by atoms with Crippen molar-refractivity contribution < 1.29 is 4.39 Å². The molecule has 1 rings (SSSR count). The molecule has 0 saturated heterocycles. The lowest BCUT2D eigenvalue weighted by molar-refractivity contribution is 0.322. The molecular weight excluding hydrogens is 223 g/mol. The molecule has 0 spiro atoms. The summed E-state index contributed by atoms with van der Waals surface area (Å²) in [5.74, 6) is -0.242. The first kappa shape index (κ1) is 13.1. The van der Waals surface area contributed by atoms with Gasteiger partial charge in [0, 0.05) is 17.7 Å². The summed E-state index contributed by atoms with van der Waals surface area (Å²) in [6, 6.07) is 4.91. The largest absolute Gasteiger partial charge is 0.389 e. The van der Waals surface area contributed by atoms with Gasteiger partial charge in [-0.15, -0.1) is 0 Å². The van der Waals surface area contributed by atoms with E-state index in [9.17, 15) is 4.39 Å². The lowest BCUT2D eigenvalue weighted by atomic mass is 10.1. The summed E-state index contributed by atoms with van der Waals surface area (Å²) in [5, 5.41) is 0. The van der Waals surface area contributed by atoms with Crippen LogP contribution in [0.4, 0.5) is 4.39 Å². The molecule has 1 aromatic rings. The molecule has 0 aliphatic carbocycles. The summed E-state index contributed by atoms with van der Waals surface area (Å²) in [7, 11) is 1.98. The molecular formula is C12H17FN2S. The maximum atomic E-state index is 13.7. The van der Waals surface area contributed by atoms with Crippen molar-refractivity contribution in [2.45, 2.75) is 19.9 Å². The van der Waals surface area contributed by atoms with Gasteiger partial charge in [-0.25, -0.2) is 4.39 Å².